The zero-order chi connectivity index (χ0) is 13.1. The number of nitrogens with zero attached hydrogens (tertiary/aromatic N) is 3. The van der Waals surface area contributed by atoms with E-state index in [1.54, 1.807) is 0 Å². The minimum atomic E-state index is 0.131. The predicted octanol–water partition coefficient (Wildman–Crippen LogP) is 3.42. The molecule has 1 aromatic carbocycles. The predicted molar refractivity (Wildman–Crippen MR) is 75.5 cm³/mol. The molecular weight excluding hydrogens is 292 g/mol. The highest BCUT2D eigenvalue weighted by Crippen LogP contribution is 2.20. The lowest BCUT2D eigenvalue weighted by molar-refractivity contribution is 0.820. The summed E-state index contributed by atoms with van der Waals surface area (Å²) in [6.45, 7) is 5.90. The van der Waals surface area contributed by atoms with Gasteiger partial charge in [-0.2, -0.15) is 5.10 Å². The molecule has 0 aliphatic heterocycles. The zero-order valence-corrected chi connectivity index (χ0v) is 12.2. The first-order valence-electron chi connectivity index (χ1n) is 5.76. The van der Waals surface area contributed by atoms with Gasteiger partial charge in [-0.1, -0.05) is 28.1 Å². The Balaban J connectivity index is 2.16. The van der Waals surface area contributed by atoms with Crippen molar-refractivity contribution in [3.05, 3.63) is 45.7 Å². The van der Waals surface area contributed by atoms with E-state index in [-0.39, 0.29) is 6.04 Å². The summed E-state index contributed by atoms with van der Waals surface area (Å²) in [5.41, 5.74) is 2.93. The van der Waals surface area contributed by atoms with Gasteiger partial charge in [0.2, 0.25) is 5.95 Å². The summed E-state index contributed by atoms with van der Waals surface area (Å²) < 4.78 is 1.06. The highest BCUT2D eigenvalue weighted by atomic mass is 79.9. The molecular formula is C13H15BrN4. The largest absolute Gasteiger partial charge is 0.346 e. The first kappa shape index (κ1) is 13.0. The molecule has 5 heteroatoms. The molecule has 1 aromatic heterocycles. The second-order valence-electron chi connectivity index (χ2n) is 4.23. The topological polar surface area (TPSA) is 50.7 Å². The van der Waals surface area contributed by atoms with Crippen molar-refractivity contribution in [3.63, 3.8) is 0 Å². The van der Waals surface area contributed by atoms with Crippen molar-refractivity contribution in [2.24, 2.45) is 0 Å². The molecule has 18 heavy (non-hydrogen) atoms. The highest BCUT2D eigenvalue weighted by molar-refractivity contribution is 9.10. The fourth-order valence-corrected chi connectivity index (χ4v) is 1.99. The van der Waals surface area contributed by atoms with Crippen molar-refractivity contribution in [2.75, 3.05) is 5.32 Å². The van der Waals surface area contributed by atoms with Gasteiger partial charge in [0.25, 0.3) is 0 Å². The molecule has 2 rings (SSSR count). The highest BCUT2D eigenvalue weighted by Gasteiger charge is 2.08. The normalized spacial score (nSPS) is 12.2. The fraction of sp³-hybridized carbons (Fsp3) is 0.308. The van der Waals surface area contributed by atoms with Crippen LogP contribution in [-0.4, -0.2) is 15.2 Å². The van der Waals surface area contributed by atoms with Crippen molar-refractivity contribution in [3.8, 4) is 0 Å². The van der Waals surface area contributed by atoms with Gasteiger partial charge in [-0.3, -0.25) is 0 Å². The molecule has 1 heterocycles. The van der Waals surface area contributed by atoms with E-state index in [4.69, 9.17) is 0 Å². The Morgan fingerprint density at radius 2 is 1.94 bits per heavy atom. The Hall–Kier alpha value is -1.49. The summed E-state index contributed by atoms with van der Waals surface area (Å²) in [5, 5.41) is 11.3. The van der Waals surface area contributed by atoms with E-state index in [2.05, 4.69) is 55.5 Å². The van der Waals surface area contributed by atoms with E-state index in [0.29, 0.717) is 5.95 Å². The number of rotatable bonds is 3. The summed E-state index contributed by atoms with van der Waals surface area (Å²) in [4.78, 5) is 4.36. The number of hydrogen-bond acceptors (Lipinski definition) is 4. The van der Waals surface area contributed by atoms with Crippen molar-refractivity contribution in [1.82, 2.24) is 15.2 Å². The van der Waals surface area contributed by atoms with Crippen LogP contribution in [0.5, 0.6) is 0 Å². The van der Waals surface area contributed by atoms with Crippen LogP contribution in [0.25, 0.3) is 0 Å². The van der Waals surface area contributed by atoms with Crippen LogP contribution < -0.4 is 5.32 Å². The van der Waals surface area contributed by atoms with Crippen LogP contribution in [0.15, 0.2) is 28.7 Å². The summed E-state index contributed by atoms with van der Waals surface area (Å²) in [6.07, 6.45) is 0. The number of benzene rings is 1. The first-order valence-corrected chi connectivity index (χ1v) is 6.55. The Morgan fingerprint density at radius 1 is 1.17 bits per heavy atom. The SMILES string of the molecule is Cc1nnc(NC(C)c2cccc(Br)c2)nc1C. The molecule has 0 saturated heterocycles. The molecule has 1 atom stereocenters. The molecule has 1 unspecified atom stereocenters. The third-order valence-corrected chi connectivity index (χ3v) is 3.28. The van der Waals surface area contributed by atoms with Crippen LogP contribution in [0.3, 0.4) is 0 Å². The van der Waals surface area contributed by atoms with Gasteiger partial charge in [0.05, 0.1) is 17.4 Å². The number of halogens is 1. The summed E-state index contributed by atoms with van der Waals surface area (Å²) >= 11 is 3.47. The number of hydrogen-bond donors (Lipinski definition) is 1. The molecule has 0 amide bonds. The van der Waals surface area contributed by atoms with Crippen molar-refractivity contribution >= 4 is 21.9 Å². The molecule has 4 nitrogen and oxygen atoms in total. The van der Waals surface area contributed by atoms with Gasteiger partial charge in [0.1, 0.15) is 0 Å². The lowest BCUT2D eigenvalue weighted by Gasteiger charge is -2.14. The Bertz CT molecular complexity index is 556. The maximum Gasteiger partial charge on any atom is 0.243 e. The maximum absolute atomic E-state index is 4.36. The van der Waals surface area contributed by atoms with Gasteiger partial charge in [0, 0.05) is 4.47 Å². The lowest BCUT2D eigenvalue weighted by Crippen LogP contribution is -2.11. The lowest BCUT2D eigenvalue weighted by atomic mass is 10.1. The molecule has 0 spiro atoms. The fourth-order valence-electron chi connectivity index (χ4n) is 1.57. The Morgan fingerprint density at radius 3 is 2.61 bits per heavy atom. The third-order valence-electron chi connectivity index (χ3n) is 2.79. The average molecular weight is 307 g/mol. The smallest absolute Gasteiger partial charge is 0.243 e. The minimum Gasteiger partial charge on any atom is -0.346 e. The van der Waals surface area contributed by atoms with E-state index in [1.807, 2.05) is 26.0 Å². The zero-order valence-electron chi connectivity index (χ0n) is 10.6. The maximum atomic E-state index is 4.36. The van der Waals surface area contributed by atoms with E-state index >= 15 is 0 Å². The summed E-state index contributed by atoms with van der Waals surface area (Å²) in [7, 11) is 0. The first-order chi connectivity index (χ1) is 8.56. The molecule has 2 aromatic rings. The monoisotopic (exact) mass is 306 g/mol. The van der Waals surface area contributed by atoms with Crippen molar-refractivity contribution in [1.29, 1.82) is 0 Å². The molecule has 1 N–H and O–H groups in total. The van der Waals surface area contributed by atoms with Crippen LogP contribution in [-0.2, 0) is 0 Å². The van der Waals surface area contributed by atoms with Gasteiger partial charge in [-0.15, -0.1) is 5.10 Å². The molecule has 0 radical (unpaired) electrons. The second kappa shape index (κ2) is 5.44. The van der Waals surface area contributed by atoms with Crippen LogP contribution in [0, 0.1) is 13.8 Å². The van der Waals surface area contributed by atoms with Gasteiger partial charge in [0.15, 0.2) is 0 Å². The van der Waals surface area contributed by atoms with Crippen LogP contribution >= 0.6 is 15.9 Å². The molecule has 0 aliphatic carbocycles. The quantitative estimate of drug-likeness (QED) is 0.944. The Kier molecular flexibility index (Phi) is 3.91. The molecule has 0 bridgehead atoms. The van der Waals surface area contributed by atoms with E-state index in [0.717, 1.165) is 15.9 Å². The number of aryl methyl sites for hydroxylation is 2. The van der Waals surface area contributed by atoms with Gasteiger partial charge in [-0.25, -0.2) is 4.98 Å². The van der Waals surface area contributed by atoms with Crippen LogP contribution in [0.2, 0.25) is 0 Å². The summed E-state index contributed by atoms with van der Waals surface area (Å²) in [6, 6.07) is 8.29. The molecule has 0 fully saturated rings. The van der Waals surface area contributed by atoms with Gasteiger partial charge in [-0.05, 0) is 38.5 Å². The van der Waals surface area contributed by atoms with Gasteiger partial charge < -0.3 is 5.32 Å². The van der Waals surface area contributed by atoms with Crippen LogP contribution in [0.4, 0.5) is 5.95 Å². The summed E-state index contributed by atoms with van der Waals surface area (Å²) in [5.74, 6) is 0.561. The molecule has 94 valence electrons. The Labute approximate surface area is 115 Å². The molecule has 0 saturated carbocycles. The average Bonchev–Trinajstić information content (AvgIpc) is 2.34. The molecule has 0 aliphatic rings. The van der Waals surface area contributed by atoms with Crippen LogP contribution in [0.1, 0.15) is 29.9 Å². The number of nitrogens with one attached hydrogen (secondary N) is 1. The third kappa shape index (κ3) is 3.04. The second-order valence-corrected chi connectivity index (χ2v) is 5.14. The van der Waals surface area contributed by atoms with Gasteiger partial charge >= 0.3 is 0 Å². The number of aromatic nitrogens is 3. The van der Waals surface area contributed by atoms with E-state index < -0.39 is 0 Å². The van der Waals surface area contributed by atoms with E-state index in [1.165, 1.54) is 5.56 Å². The number of anilines is 1. The van der Waals surface area contributed by atoms with Crippen molar-refractivity contribution < 1.29 is 0 Å². The van der Waals surface area contributed by atoms with E-state index in [9.17, 15) is 0 Å². The van der Waals surface area contributed by atoms with Crippen molar-refractivity contribution in [2.45, 2.75) is 26.8 Å². The standard InChI is InChI=1S/C13H15BrN4/c1-8-9(2)17-18-13(15-8)16-10(3)11-5-4-6-12(14)7-11/h4-7,10H,1-3H3,(H,15,16,18). The minimum absolute atomic E-state index is 0.131.